The number of nitrogens with one attached hydrogen (secondary N) is 1. The lowest BCUT2D eigenvalue weighted by molar-refractivity contribution is -0.138. The van der Waals surface area contributed by atoms with Gasteiger partial charge in [-0.25, -0.2) is 9.97 Å². The molecular formula is C20H22F3N7. The summed E-state index contributed by atoms with van der Waals surface area (Å²) in [5, 5.41) is 11.7. The maximum absolute atomic E-state index is 12.7. The van der Waals surface area contributed by atoms with E-state index in [9.17, 15) is 13.2 Å². The van der Waals surface area contributed by atoms with Gasteiger partial charge >= 0.3 is 6.18 Å². The maximum atomic E-state index is 12.7. The highest BCUT2D eigenvalue weighted by molar-refractivity contribution is 5.39. The Hall–Kier alpha value is -3.01. The summed E-state index contributed by atoms with van der Waals surface area (Å²) < 4.78 is 38.1. The van der Waals surface area contributed by atoms with Gasteiger partial charge in [0.1, 0.15) is 0 Å². The van der Waals surface area contributed by atoms with Gasteiger partial charge in [-0.05, 0) is 37.9 Å². The second-order valence-corrected chi connectivity index (χ2v) is 7.34. The van der Waals surface area contributed by atoms with E-state index in [1.54, 1.807) is 17.2 Å². The van der Waals surface area contributed by atoms with Crippen LogP contribution in [0.25, 0.3) is 5.69 Å². The Kier molecular flexibility index (Phi) is 5.67. The smallest absolute Gasteiger partial charge is 0.350 e. The van der Waals surface area contributed by atoms with Crippen LogP contribution in [0.4, 0.5) is 19.1 Å². The van der Waals surface area contributed by atoms with Crippen LogP contribution in [0.5, 0.6) is 0 Å². The van der Waals surface area contributed by atoms with Crippen LogP contribution in [0.3, 0.4) is 0 Å². The number of hydrogen-bond acceptors (Lipinski definition) is 6. The number of anilines is 1. The summed E-state index contributed by atoms with van der Waals surface area (Å²) in [5.41, 5.74) is 1.18. The molecule has 4 rings (SSSR count). The second kappa shape index (κ2) is 8.39. The van der Waals surface area contributed by atoms with Gasteiger partial charge in [-0.2, -0.15) is 28.2 Å². The van der Waals surface area contributed by atoms with Crippen molar-refractivity contribution in [3.63, 3.8) is 0 Å². The van der Waals surface area contributed by atoms with Crippen LogP contribution in [-0.2, 0) is 12.7 Å². The van der Waals surface area contributed by atoms with Gasteiger partial charge in [-0.15, -0.1) is 0 Å². The average Bonchev–Trinajstić information content (AvgIpc) is 3.26. The van der Waals surface area contributed by atoms with Crippen LogP contribution in [0.15, 0.2) is 49.1 Å². The molecule has 10 heteroatoms. The van der Waals surface area contributed by atoms with E-state index in [0.29, 0.717) is 6.54 Å². The lowest BCUT2D eigenvalue weighted by atomic mass is 9.96. The Balaban J connectivity index is 1.46. The van der Waals surface area contributed by atoms with Crippen LogP contribution in [0.1, 0.15) is 30.9 Å². The largest absolute Gasteiger partial charge is 0.419 e. The molecule has 3 aromatic rings. The number of para-hydroxylation sites is 1. The average molecular weight is 417 g/mol. The van der Waals surface area contributed by atoms with E-state index in [2.05, 4.69) is 43.4 Å². The number of halogens is 3. The topological polar surface area (TPSA) is 71.8 Å². The van der Waals surface area contributed by atoms with Crippen molar-refractivity contribution in [2.24, 2.45) is 0 Å². The summed E-state index contributed by atoms with van der Waals surface area (Å²) in [6.07, 6.45) is 2.33. The maximum Gasteiger partial charge on any atom is 0.419 e. The Labute approximate surface area is 172 Å². The number of nitrogens with zero attached hydrogens (tertiary/aromatic N) is 6. The van der Waals surface area contributed by atoms with Crippen LogP contribution in [0, 0.1) is 0 Å². The highest BCUT2D eigenvalue weighted by Crippen LogP contribution is 2.29. The first kappa shape index (κ1) is 20.3. The molecule has 2 atom stereocenters. The number of rotatable bonds is 5. The first-order valence-corrected chi connectivity index (χ1v) is 9.76. The zero-order chi connectivity index (χ0) is 21.1. The summed E-state index contributed by atoms with van der Waals surface area (Å²) >= 11 is 0. The number of benzene rings is 1. The van der Waals surface area contributed by atoms with Gasteiger partial charge in [-0.1, -0.05) is 18.2 Å². The lowest BCUT2D eigenvalue weighted by Crippen LogP contribution is -2.49. The van der Waals surface area contributed by atoms with Crippen molar-refractivity contribution < 1.29 is 13.2 Å². The van der Waals surface area contributed by atoms with Crippen molar-refractivity contribution in [3.05, 3.63) is 60.2 Å². The van der Waals surface area contributed by atoms with E-state index < -0.39 is 11.7 Å². The summed E-state index contributed by atoms with van der Waals surface area (Å²) in [4.78, 5) is 11.6. The van der Waals surface area contributed by atoms with Crippen LogP contribution < -0.4 is 5.32 Å². The standard InChI is InChI=1S/C20H22F3N7/c1-14-17(28-19-24-11-16(12-25-19)20(21,22)23)6-4-10-29(14)13-15-5-2-3-7-18(15)30-26-8-9-27-30/h2-3,5,7-9,11-12,14,17H,4,6,10,13H2,1H3,(H,24,25,28). The molecule has 2 unspecified atom stereocenters. The molecular weight excluding hydrogens is 395 g/mol. The quantitative estimate of drug-likeness (QED) is 0.685. The van der Waals surface area contributed by atoms with Crippen molar-refractivity contribution in [3.8, 4) is 5.69 Å². The molecule has 30 heavy (non-hydrogen) atoms. The highest BCUT2D eigenvalue weighted by atomic mass is 19.4. The SMILES string of the molecule is CC1C(Nc2ncc(C(F)(F)F)cn2)CCCN1Cc1ccccc1-n1nccn1. The van der Waals surface area contributed by atoms with Crippen molar-refractivity contribution in [2.45, 2.75) is 44.6 Å². The molecule has 0 amide bonds. The summed E-state index contributed by atoms with van der Waals surface area (Å²) in [7, 11) is 0. The van der Waals surface area contributed by atoms with Gasteiger partial charge in [0.05, 0.1) is 23.6 Å². The third kappa shape index (κ3) is 4.43. The van der Waals surface area contributed by atoms with Gasteiger partial charge in [0.25, 0.3) is 0 Å². The summed E-state index contributed by atoms with van der Waals surface area (Å²) in [5.74, 6) is 0.211. The predicted molar refractivity (Wildman–Crippen MR) is 105 cm³/mol. The number of hydrogen-bond donors (Lipinski definition) is 1. The molecule has 1 saturated heterocycles. The molecule has 0 aliphatic carbocycles. The number of alkyl halides is 3. The first-order valence-electron chi connectivity index (χ1n) is 9.76. The molecule has 1 aromatic carbocycles. The Morgan fingerprint density at radius 3 is 2.50 bits per heavy atom. The number of aromatic nitrogens is 5. The Morgan fingerprint density at radius 1 is 1.10 bits per heavy atom. The van der Waals surface area contributed by atoms with Crippen LogP contribution >= 0.6 is 0 Å². The van der Waals surface area contributed by atoms with E-state index in [4.69, 9.17) is 0 Å². The molecule has 1 aliphatic rings. The number of piperidine rings is 1. The molecule has 0 spiro atoms. The van der Waals surface area contributed by atoms with E-state index in [1.807, 2.05) is 18.2 Å². The normalized spacial score (nSPS) is 20.3. The highest BCUT2D eigenvalue weighted by Gasteiger charge is 2.32. The zero-order valence-corrected chi connectivity index (χ0v) is 16.4. The molecule has 1 N–H and O–H groups in total. The van der Waals surface area contributed by atoms with E-state index in [-0.39, 0.29) is 18.0 Å². The van der Waals surface area contributed by atoms with Gasteiger partial charge in [0.15, 0.2) is 0 Å². The molecule has 0 saturated carbocycles. The van der Waals surface area contributed by atoms with Crippen molar-refractivity contribution in [1.29, 1.82) is 0 Å². The molecule has 158 valence electrons. The molecule has 7 nitrogen and oxygen atoms in total. The minimum atomic E-state index is -4.44. The van der Waals surface area contributed by atoms with E-state index >= 15 is 0 Å². The van der Waals surface area contributed by atoms with Gasteiger partial charge in [0.2, 0.25) is 5.95 Å². The summed E-state index contributed by atoms with van der Waals surface area (Å²) in [6, 6.07) is 8.15. The van der Waals surface area contributed by atoms with Crippen LogP contribution in [-0.4, -0.2) is 48.5 Å². The van der Waals surface area contributed by atoms with Crippen molar-refractivity contribution >= 4 is 5.95 Å². The van der Waals surface area contributed by atoms with Crippen molar-refractivity contribution in [1.82, 2.24) is 29.9 Å². The Bertz CT molecular complexity index is 957. The molecule has 1 fully saturated rings. The lowest BCUT2D eigenvalue weighted by Gasteiger charge is -2.40. The van der Waals surface area contributed by atoms with Gasteiger partial charge in [0, 0.05) is 31.0 Å². The molecule has 0 radical (unpaired) electrons. The predicted octanol–water partition coefficient (Wildman–Crippen LogP) is 3.54. The fourth-order valence-electron chi connectivity index (χ4n) is 3.74. The van der Waals surface area contributed by atoms with Gasteiger partial charge in [-0.3, -0.25) is 4.90 Å². The van der Waals surface area contributed by atoms with Crippen molar-refractivity contribution in [2.75, 3.05) is 11.9 Å². The fraction of sp³-hybridized carbons (Fsp3) is 0.400. The third-order valence-electron chi connectivity index (χ3n) is 5.41. The van der Waals surface area contributed by atoms with E-state index in [1.165, 1.54) is 0 Å². The molecule has 3 heterocycles. The molecule has 1 aliphatic heterocycles. The zero-order valence-electron chi connectivity index (χ0n) is 16.4. The molecule has 0 bridgehead atoms. The first-order chi connectivity index (χ1) is 14.4. The monoisotopic (exact) mass is 417 g/mol. The van der Waals surface area contributed by atoms with Gasteiger partial charge < -0.3 is 5.32 Å². The van der Waals surface area contributed by atoms with Crippen LogP contribution in [0.2, 0.25) is 0 Å². The second-order valence-electron chi connectivity index (χ2n) is 7.34. The minimum absolute atomic E-state index is 0.0328. The fourth-order valence-corrected chi connectivity index (χ4v) is 3.74. The minimum Gasteiger partial charge on any atom is -0.350 e. The summed E-state index contributed by atoms with van der Waals surface area (Å²) in [6.45, 7) is 3.74. The number of likely N-dealkylation sites (tertiary alicyclic amines) is 1. The third-order valence-corrected chi connectivity index (χ3v) is 5.41. The van der Waals surface area contributed by atoms with E-state index in [0.717, 1.165) is 43.0 Å². The Morgan fingerprint density at radius 2 is 1.80 bits per heavy atom. The molecule has 2 aromatic heterocycles.